The van der Waals surface area contributed by atoms with Crippen LogP contribution in [0.15, 0.2) is 0 Å². The molecule has 16 heavy (non-hydrogen) atoms. The summed E-state index contributed by atoms with van der Waals surface area (Å²) in [5.41, 5.74) is 0. The lowest BCUT2D eigenvalue weighted by atomic mass is 10.2. The third-order valence-electron chi connectivity index (χ3n) is 1.53. The molecule has 0 saturated heterocycles. The largest absolute Gasteiger partial charge is 0.480 e. The minimum absolute atomic E-state index is 0.170. The van der Waals surface area contributed by atoms with Gasteiger partial charge in [-0.25, -0.2) is 0 Å². The van der Waals surface area contributed by atoms with Crippen LogP contribution in [-0.2, 0) is 14.3 Å². The van der Waals surface area contributed by atoms with Gasteiger partial charge in [0.25, 0.3) is 0 Å². The van der Waals surface area contributed by atoms with E-state index in [1.165, 1.54) is 32.3 Å². The number of carboxylic acids is 1. The van der Waals surface area contributed by atoms with Crippen LogP contribution in [0.2, 0.25) is 0 Å². The van der Waals surface area contributed by atoms with E-state index in [1.54, 1.807) is 0 Å². The molecule has 0 spiro atoms. The lowest BCUT2D eigenvalue weighted by molar-refractivity contribution is -0.141. The maximum atomic E-state index is 10.3. The molecular formula is C11H19NO4. The van der Waals surface area contributed by atoms with Crippen LogP contribution in [0.5, 0.6) is 0 Å². The summed E-state index contributed by atoms with van der Waals surface area (Å²) in [4.78, 5) is 19.6. The van der Waals surface area contributed by atoms with Crippen molar-refractivity contribution in [3.05, 3.63) is 0 Å². The molecule has 1 N–H and O–H groups in total. The maximum Gasteiger partial charge on any atom is 0.317 e. The molecule has 0 aliphatic rings. The molecule has 0 aliphatic carbocycles. The molecule has 0 aromatic heterocycles. The zero-order chi connectivity index (χ0) is 12.8. The predicted octanol–water partition coefficient (Wildman–Crippen LogP) is 2.11. The number of carboxylic acid groups (broad SMARTS) is 1. The molecule has 0 saturated carbocycles. The van der Waals surface area contributed by atoms with Gasteiger partial charge in [0.15, 0.2) is 0 Å². The number of hydrogen-bond donors (Lipinski definition) is 1. The van der Waals surface area contributed by atoms with E-state index in [9.17, 15) is 9.59 Å². The average molecular weight is 229 g/mol. The van der Waals surface area contributed by atoms with Crippen LogP contribution in [0.4, 0.5) is 0 Å². The van der Waals surface area contributed by atoms with E-state index in [0.29, 0.717) is 6.61 Å². The number of hydrogen-bond acceptors (Lipinski definition) is 4. The molecule has 5 nitrogen and oxygen atoms in total. The predicted molar refractivity (Wildman–Crippen MR) is 58.6 cm³/mol. The fourth-order valence-electron chi connectivity index (χ4n) is 0.812. The van der Waals surface area contributed by atoms with Crippen LogP contribution in [-0.4, -0.2) is 23.7 Å². The van der Waals surface area contributed by atoms with E-state index >= 15 is 0 Å². The lowest BCUT2D eigenvalue weighted by Crippen LogP contribution is -1.99. The molecule has 0 unspecified atom stereocenters. The number of unbranched alkanes of at least 4 members (excludes halogenated alkanes) is 3. The summed E-state index contributed by atoms with van der Waals surface area (Å²) in [6.07, 6.45) is 4.23. The molecule has 0 aromatic rings. The Morgan fingerprint density at radius 2 is 1.94 bits per heavy atom. The van der Waals surface area contributed by atoms with Crippen LogP contribution in [0.25, 0.3) is 0 Å². The smallest absolute Gasteiger partial charge is 0.317 e. The maximum absolute atomic E-state index is 10.3. The van der Waals surface area contributed by atoms with Crippen LogP contribution in [0.1, 0.15) is 46.0 Å². The summed E-state index contributed by atoms with van der Waals surface area (Å²) < 4.78 is 4.75. The summed E-state index contributed by atoms with van der Waals surface area (Å²) in [5.74, 6) is -1.24. The first kappa shape index (κ1) is 16.8. The average Bonchev–Trinajstić information content (AvgIpc) is 2.17. The standard InChI is InChI=1S/C8H16O2.C3H3NO2/c1-3-4-5-6-7-10-8(2)9;4-2-1-3(5)6/h3-7H2,1-2H3;1H2,(H,5,6). The Bertz CT molecular complexity index is 233. The fraction of sp³-hybridized carbons (Fsp3) is 0.727. The molecule has 0 atom stereocenters. The van der Waals surface area contributed by atoms with Crippen molar-refractivity contribution in [2.24, 2.45) is 0 Å². The number of ether oxygens (including phenoxy) is 1. The van der Waals surface area contributed by atoms with Crippen molar-refractivity contribution in [2.45, 2.75) is 46.0 Å². The Morgan fingerprint density at radius 1 is 1.31 bits per heavy atom. The minimum atomic E-state index is -1.07. The van der Waals surface area contributed by atoms with E-state index in [-0.39, 0.29) is 5.97 Å². The van der Waals surface area contributed by atoms with Crippen molar-refractivity contribution in [3.8, 4) is 6.07 Å². The molecule has 0 fully saturated rings. The van der Waals surface area contributed by atoms with Gasteiger partial charge in [-0.1, -0.05) is 26.2 Å². The van der Waals surface area contributed by atoms with E-state index in [0.717, 1.165) is 6.42 Å². The van der Waals surface area contributed by atoms with E-state index < -0.39 is 12.4 Å². The van der Waals surface area contributed by atoms with Gasteiger partial charge in [-0.3, -0.25) is 9.59 Å². The topological polar surface area (TPSA) is 87.4 Å². The highest BCUT2D eigenvalue weighted by Gasteiger charge is 1.91. The lowest BCUT2D eigenvalue weighted by Gasteiger charge is -1.99. The minimum Gasteiger partial charge on any atom is -0.480 e. The molecule has 0 amide bonds. The fourth-order valence-corrected chi connectivity index (χ4v) is 0.812. The van der Waals surface area contributed by atoms with Crippen LogP contribution in [0, 0.1) is 11.3 Å². The number of esters is 1. The molecule has 0 aliphatic heterocycles. The zero-order valence-corrected chi connectivity index (χ0v) is 9.86. The molecule has 5 heteroatoms. The Balaban J connectivity index is 0. The van der Waals surface area contributed by atoms with Crippen molar-refractivity contribution in [1.29, 1.82) is 5.26 Å². The Morgan fingerprint density at radius 3 is 2.25 bits per heavy atom. The summed E-state index contributed by atoms with van der Waals surface area (Å²) in [6.45, 7) is 4.20. The first-order valence-corrected chi connectivity index (χ1v) is 5.26. The summed E-state index contributed by atoms with van der Waals surface area (Å²) in [6, 6.07) is 1.47. The van der Waals surface area contributed by atoms with Crippen molar-refractivity contribution in [2.75, 3.05) is 6.61 Å². The van der Waals surface area contributed by atoms with E-state index in [4.69, 9.17) is 15.1 Å². The van der Waals surface area contributed by atoms with Gasteiger partial charge in [0, 0.05) is 6.92 Å². The first-order valence-electron chi connectivity index (χ1n) is 5.26. The third-order valence-corrected chi connectivity index (χ3v) is 1.53. The van der Waals surface area contributed by atoms with E-state index in [1.807, 2.05) is 0 Å². The number of nitriles is 1. The van der Waals surface area contributed by atoms with Crippen molar-refractivity contribution < 1.29 is 19.4 Å². The Hall–Kier alpha value is -1.57. The van der Waals surface area contributed by atoms with Crippen molar-refractivity contribution in [1.82, 2.24) is 0 Å². The monoisotopic (exact) mass is 229 g/mol. The summed E-state index contributed by atoms with van der Waals surface area (Å²) >= 11 is 0. The molecule has 92 valence electrons. The van der Waals surface area contributed by atoms with Gasteiger partial charge >= 0.3 is 11.9 Å². The highest BCUT2D eigenvalue weighted by Crippen LogP contribution is 1.98. The molecule has 0 radical (unpaired) electrons. The Kier molecular flexibility index (Phi) is 14.1. The van der Waals surface area contributed by atoms with Gasteiger partial charge in [-0.15, -0.1) is 0 Å². The molecule has 0 heterocycles. The summed E-state index contributed by atoms with van der Waals surface area (Å²) in [5, 5.41) is 15.3. The normalized spacial score (nSPS) is 8.31. The van der Waals surface area contributed by atoms with Crippen molar-refractivity contribution >= 4 is 11.9 Å². The van der Waals surface area contributed by atoms with Gasteiger partial charge in [0.1, 0.15) is 6.42 Å². The number of rotatable bonds is 6. The molecule has 0 bridgehead atoms. The van der Waals surface area contributed by atoms with Gasteiger partial charge in [0.05, 0.1) is 12.7 Å². The van der Waals surface area contributed by atoms with E-state index in [2.05, 4.69) is 6.92 Å². The second-order valence-corrected chi connectivity index (χ2v) is 3.13. The zero-order valence-electron chi connectivity index (χ0n) is 9.86. The molecule has 0 aromatic carbocycles. The van der Waals surface area contributed by atoms with Crippen molar-refractivity contribution in [3.63, 3.8) is 0 Å². The molecular weight excluding hydrogens is 210 g/mol. The van der Waals surface area contributed by atoms with Gasteiger partial charge < -0.3 is 9.84 Å². The molecule has 0 rings (SSSR count). The van der Waals surface area contributed by atoms with Gasteiger partial charge in [-0.2, -0.15) is 5.26 Å². The highest BCUT2D eigenvalue weighted by atomic mass is 16.5. The summed E-state index contributed by atoms with van der Waals surface area (Å²) in [7, 11) is 0. The first-order chi connectivity index (χ1) is 7.54. The van der Waals surface area contributed by atoms with Gasteiger partial charge in [-0.05, 0) is 6.42 Å². The number of carbonyl (C=O) groups excluding carboxylic acids is 1. The van der Waals surface area contributed by atoms with Crippen LogP contribution < -0.4 is 0 Å². The number of aliphatic carboxylic acids is 1. The second kappa shape index (κ2) is 13.4. The third kappa shape index (κ3) is 22.9. The highest BCUT2D eigenvalue weighted by molar-refractivity contribution is 5.69. The van der Waals surface area contributed by atoms with Crippen LogP contribution in [0.3, 0.4) is 0 Å². The second-order valence-electron chi connectivity index (χ2n) is 3.13. The van der Waals surface area contributed by atoms with Gasteiger partial charge in [0.2, 0.25) is 0 Å². The number of nitrogens with zero attached hydrogens (tertiary/aromatic N) is 1. The van der Waals surface area contributed by atoms with Crippen LogP contribution >= 0.6 is 0 Å². The number of carbonyl (C=O) groups is 2. The SMILES string of the molecule is CCCCCCOC(C)=O.N#CCC(=O)O. The Labute approximate surface area is 96.0 Å². The quantitative estimate of drug-likeness (QED) is 0.556.